The Bertz CT molecular complexity index is 182. The van der Waals surface area contributed by atoms with Gasteiger partial charge in [0, 0.05) is 0 Å². The highest BCUT2D eigenvalue weighted by Crippen LogP contribution is 2.27. The topological polar surface area (TPSA) is 0 Å². The molecule has 0 heterocycles. The van der Waals surface area contributed by atoms with Crippen molar-refractivity contribution >= 4 is 0 Å². The molecule has 0 spiro atoms. The van der Waals surface area contributed by atoms with Gasteiger partial charge in [0.05, 0.1) is 0 Å². The lowest BCUT2D eigenvalue weighted by Gasteiger charge is -2.21. The molecule has 0 saturated carbocycles. The Morgan fingerprint density at radius 1 is 0.600 bits per heavy atom. The summed E-state index contributed by atoms with van der Waals surface area (Å²) in [5.74, 6) is 2.84. The third-order valence-electron chi connectivity index (χ3n) is 4.65. The average Bonchev–Trinajstić information content (AvgIpc) is 2.40. The largest absolute Gasteiger partial charge is 0.0654 e. The van der Waals surface area contributed by atoms with Crippen LogP contribution in [0.15, 0.2) is 0 Å². The summed E-state index contributed by atoms with van der Waals surface area (Å²) in [5, 5.41) is 0. The summed E-state index contributed by atoms with van der Waals surface area (Å²) in [6, 6.07) is 0. The summed E-state index contributed by atoms with van der Waals surface area (Å²) in [4.78, 5) is 0. The number of hydrogen-bond donors (Lipinski definition) is 0. The third kappa shape index (κ3) is 13.0. The van der Waals surface area contributed by atoms with Crippen LogP contribution in [-0.4, -0.2) is 0 Å². The third-order valence-corrected chi connectivity index (χ3v) is 4.65. The molecule has 2 unspecified atom stereocenters. The van der Waals surface area contributed by atoms with Crippen LogP contribution in [0.4, 0.5) is 0 Å². The van der Waals surface area contributed by atoms with Gasteiger partial charge >= 0.3 is 0 Å². The number of hydrogen-bond acceptors (Lipinski definition) is 0. The van der Waals surface area contributed by atoms with Crippen molar-refractivity contribution in [3.8, 4) is 0 Å². The van der Waals surface area contributed by atoms with Crippen molar-refractivity contribution in [3.05, 3.63) is 0 Å². The van der Waals surface area contributed by atoms with E-state index in [9.17, 15) is 0 Å². The Hall–Kier alpha value is 0. The predicted octanol–water partition coefficient (Wildman–Crippen LogP) is 7.62. The quantitative estimate of drug-likeness (QED) is 0.287. The van der Waals surface area contributed by atoms with Gasteiger partial charge in [-0.15, -0.1) is 0 Å². The summed E-state index contributed by atoms with van der Waals surface area (Å²) in [7, 11) is 0. The van der Waals surface area contributed by atoms with Crippen molar-refractivity contribution in [2.45, 2.75) is 112 Å². The number of rotatable bonds is 14. The van der Waals surface area contributed by atoms with Crippen LogP contribution in [0.25, 0.3) is 0 Å². The first-order chi connectivity index (χ1) is 9.60. The van der Waals surface area contributed by atoms with E-state index in [1.807, 2.05) is 0 Å². The molecule has 0 fully saturated rings. The Morgan fingerprint density at radius 3 is 1.85 bits per heavy atom. The van der Waals surface area contributed by atoms with Gasteiger partial charge < -0.3 is 0 Å². The minimum absolute atomic E-state index is 0.882. The van der Waals surface area contributed by atoms with E-state index < -0.39 is 0 Å². The van der Waals surface area contributed by atoms with Gasteiger partial charge in [0.15, 0.2) is 0 Å². The Kier molecular flexibility index (Phi) is 14.0. The van der Waals surface area contributed by atoms with E-state index in [0.29, 0.717) is 0 Å². The number of unbranched alkanes of at least 4 members (excludes halogenated alkanes) is 4. The Labute approximate surface area is 130 Å². The molecule has 122 valence electrons. The van der Waals surface area contributed by atoms with Crippen LogP contribution in [0.1, 0.15) is 112 Å². The molecule has 0 aromatic carbocycles. The lowest BCUT2D eigenvalue weighted by molar-refractivity contribution is 0.313. The van der Waals surface area contributed by atoms with E-state index in [2.05, 4.69) is 34.6 Å². The predicted molar refractivity (Wildman–Crippen MR) is 94.2 cm³/mol. The molecule has 0 aliphatic carbocycles. The van der Waals surface area contributed by atoms with E-state index in [0.717, 1.165) is 17.8 Å². The molecule has 0 heteroatoms. The molecule has 0 aliphatic rings. The maximum Gasteiger partial charge on any atom is -0.0412 e. The van der Waals surface area contributed by atoms with Gasteiger partial charge in [0.2, 0.25) is 0 Å². The summed E-state index contributed by atoms with van der Waals surface area (Å²) in [6.45, 7) is 11.8. The van der Waals surface area contributed by atoms with Crippen LogP contribution in [-0.2, 0) is 0 Å². The first kappa shape index (κ1) is 20.0. The van der Waals surface area contributed by atoms with Gasteiger partial charge in [-0.3, -0.25) is 0 Å². The second-order valence-corrected chi connectivity index (χ2v) is 7.52. The normalized spacial score (nSPS) is 14.7. The van der Waals surface area contributed by atoms with Crippen molar-refractivity contribution in [2.75, 3.05) is 0 Å². The molecule has 0 aliphatic heterocycles. The lowest BCUT2D eigenvalue weighted by atomic mass is 9.85. The minimum Gasteiger partial charge on any atom is -0.0654 e. The highest BCUT2D eigenvalue weighted by Gasteiger charge is 2.13. The molecular weight excluding hydrogens is 240 g/mol. The van der Waals surface area contributed by atoms with Crippen molar-refractivity contribution in [1.82, 2.24) is 0 Å². The highest BCUT2D eigenvalue weighted by atomic mass is 14.2. The van der Waals surface area contributed by atoms with Crippen molar-refractivity contribution < 1.29 is 0 Å². The summed E-state index contributed by atoms with van der Waals surface area (Å²) >= 11 is 0. The van der Waals surface area contributed by atoms with E-state index >= 15 is 0 Å². The zero-order valence-corrected chi connectivity index (χ0v) is 15.2. The Balaban J connectivity index is 3.86. The van der Waals surface area contributed by atoms with Crippen LogP contribution >= 0.6 is 0 Å². The zero-order valence-electron chi connectivity index (χ0n) is 15.2. The summed E-state index contributed by atoms with van der Waals surface area (Å²) in [5.41, 5.74) is 0. The molecule has 0 radical (unpaired) electrons. The molecule has 0 nitrogen and oxygen atoms in total. The Morgan fingerprint density at radius 2 is 1.25 bits per heavy atom. The molecule has 20 heavy (non-hydrogen) atoms. The highest BCUT2D eigenvalue weighted by molar-refractivity contribution is 4.65. The van der Waals surface area contributed by atoms with E-state index in [4.69, 9.17) is 0 Å². The van der Waals surface area contributed by atoms with Crippen LogP contribution in [0.3, 0.4) is 0 Å². The zero-order chi connectivity index (χ0) is 15.2. The lowest BCUT2D eigenvalue weighted by Crippen LogP contribution is -2.08. The SMILES string of the molecule is CCCCCCC(CCCC)CC(C)CCCC(C)C. The van der Waals surface area contributed by atoms with Gasteiger partial charge in [0.25, 0.3) is 0 Å². The summed E-state index contributed by atoms with van der Waals surface area (Å²) < 4.78 is 0. The molecule has 0 aromatic rings. The summed E-state index contributed by atoms with van der Waals surface area (Å²) in [6.07, 6.45) is 17.3. The van der Waals surface area contributed by atoms with Gasteiger partial charge in [0.1, 0.15) is 0 Å². The van der Waals surface area contributed by atoms with Crippen molar-refractivity contribution in [1.29, 1.82) is 0 Å². The fraction of sp³-hybridized carbons (Fsp3) is 1.00. The van der Waals surface area contributed by atoms with E-state index in [-0.39, 0.29) is 0 Å². The monoisotopic (exact) mass is 282 g/mol. The van der Waals surface area contributed by atoms with E-state index in [1.165, 1.54) is 77.0 Å². The second-order valence-electron chi connectivity index (χ2n) is 7.52. The molecular formula is C20H42. The van der Waals surface area contributed by atoms with Crippen LogP contribution < -0.4 is 0 Å². The fourth-order valence-corrected chi connectivity index (χ4v) is 3.29. The van der Waals surface area contributed by atoms with Gasteiger partial charge in [-0.2, -0.15) is 0 Å². The molecule has 0 aromatic heterocycles. The fourth-order valence-electron chi connectivity index (χ4n) is 3.29. The molecule has 2 atom stereocenters. The maximum absolute atomic E-state index is 2.49. The van der Waals surface area contributed by atoms with E-state index in [1.54, 1.807) is 0 Å². The molecule has 0 rings (SSSR count). The molecule has 0 saturated heterocycles. The maximum atomic E-state index is 2.49. The van der Waals surface area contributed by atoms with Crippen LogP contribution in [0.2, 0.25) is 0 Å². The minimum atomic E-state index is 0.882. The van der Waals surface area contributed by atoms with Gasteiger partial charge in [-0.05, 0) is 24.2 Å². The smallest absolute Gasteiger partial charge is 0.0412 e. The molecule has 0 bridgehead atoms. The first-order valence-electron chi connectivity index (χ1n) is 9.60. The van der Waals surface area contributed by atoms with Crippen LogP contribution in [0.5, 0.6) is 0 Å². The average molecular weight is 283 g/mol. The second kappa shape index (κ2) is 14.0. The van der Waals surface area contributed by atoms with Gasteiger partial charge in [-0.25, -0.2) is 0 Å². The first-order valence-corrected chi connectivity index (χ1v) is 9.60. The standard InChI is InChI=1S/C20H42/c1-6-8-10-11-16-20(15-9-7-2)17-19(5)14-12-13-18(3)4/h18-20H,6-17H2,1-5H3. The van der Waals surface area contributed by atoms with Gasteiger partial charge in [-0.1, -0.05) is 105 Å². The molecule has 0 amide bonds. The van der Waals surface area contributed by atoms with Crippen molar-refractivity contribution in [3.63, 3.8) is 0 Å². The van der Waals surface area contributed by atoms with Crippen molar-refractivity contribution in [2.24, 2.45) is 17.8 Å². The van der Waals surface area contributed by atoms with Crippen LogP contribution in [0, 0.1) is 17.8 Å². The molecule has 0 N–H and O–H groups in total.